The molecule has 0 rings (SSSR count). The number of carbonyl (C=O) groups excluding carboxylic acids is 2. The summed E-state index contributed by atoms with van der Waals surface area (Å²) in [6.07, 6.45) is -2.39. The molecule has 4 N–H and O–H groups in total. The van der Waals surface area contributed by atoms with Gasteiger partial charge in [-0.05, 0) is 0 Å². The van der Waals surface area contributed by atoms with Gasteiger partial charge in [0.2, 0.25) is 0 Å². The molecule has 0 saturated heterocycles. The molecule has 13 heavy (non-hydrogen) atoms. The van der Waals surface area contributed by atoms with Gasteiger partial charge in [-0.25, -0.2) is 9.59 Å². The number of carbonyl (C=O) groups is 2. The summed E-state index contributed by atoms with van der Waals surface area (Å²) >= 11 is 0. The topological polar surface area (TPSA) is 114 Å². The number of hydrogen-bond acceptors (Lipinski definition) is 5. The van der Waals surface area contributed by atoms with Crippen molar-refractivity contribution in [3.63, 3.8) is 0 Å². The molecule has 0 aliphatic rings. The molecule has 7 heteroatoms. The first-order valence-electron chi connectivity index (χ1n) is 3.43. The number of rotatable bonds is 5. The van der Waals surface area contributed by atoms with E-state index in [1.54, 1.807) is 0 Å². The summed E-state index contributed by atoms with van der Waals surface area (Å²) in [5.74, 6) is 0. The lowest BCUT2D eigenvalue weighted by Gasteiger charge is -2.13. The van der Waals surface area contributed by atoms with Gasteiger partial charge in [-0.15, -0.1) is 0 Å². The second kappa shape index (κ2) is 6.06. The van der Waals surface area contributed by atoms with Gasteiger partial charge in [0.1, 0.15) is 19.3 Å². The normalized spacial score (nSPS) is 9.69. The Hall–Kier alpha value is -1.50. The number of nitrogens with two attached hydrogens (primary N) is 2. The van der Waals surface area contributed by atoms with Crippen molar-refractivity contribution in [3.8, 4) is 0 Å². The summed E-state index contributed by atoms with van der Waals surface area (Å²) in [6, 6.07) is 0. The molecule has 2 amide bonds. The van der Waals surface area contributed by atoms with Gasteiger partial charge in [-0.1, -0.05) is 0 Å². The molecule has 0 bridgehead atoms. The Balaban J connectivity index is 3.63. The Morgan fingerprint density at radius 1 is 1.15 bits per heavy atom. The smallest absolute Gasteiger partial charge is 0.404 e. The maximum Gasteiger partial charge on any atom is 0.404 e. The minimum absolute atomic E-state index is 0.0842. The second-order valence-corrected chi connectivity index (χ2v) is 2.12. The predicted octanol–water partition coefficient (Wildman–Crippen LogP) is -0.808. The SMILES string of the molecule is COC(COC(N)=O)COC(N)=O. The maximum absolute atomic E-state index is 10.2. The van der Waals surface area contributed by atoms with Crippen LogP contribution in [0.3, 0.4) is 0 Å². The highest BCUT2D eigenvalue weighted by Crippen LogP contribution is 1.93. The number of primary amides is 2. The van der Waals surface area contributed by atoms with Crippen molar-refractivity contribution in [2.24, 2.45) is 11.5 Å². The molecule has 0 unspecified atom stereocenters. The predicted molar refractivity (Wildman–Crippen MR) is 41.9 cm³/mol. The number of hydrogen-bond donors (Lipinski definition) is 2. The van der Waals surface area contributed by atoms with E-state index in [-0.39, 0.29) is 13.2 Å². The van der Waals surface area contributed by atoms with Crippen molar-refractivity contribution in [2.75, 3.05) is 20.3 Å². The molecule has 0 aliphatic heterocycles. The van der Waals surface area contributed by atoms with Crippen LogP contribution in [-0.4, -0.2) is 38.6 Å². The summed E-state index contributed by atoms with van der Waals surface area (Å²) in [4.78, 5) is 20.3. The third-order valence-corrected chi connectivity index (χ3v) is 1.16. The minimum Gasteiger partial charge on any atom is -0.447 e. The Morgan fingerprint density at radius 3 is 1.77 bits per heavy atom. The van der Waals surface area contributed by atoms with E-state index in [0.29, 0.717) is 0 Å². The van der Waals surface area contributed by atoms with Crippen LogP contribution in [0.25, 0.3) is 0 Å². The van der Waals surface area contributed by atoms with Gasteiger partial charge < -0.3 is 25.7 Å². The minimum atomic E-state index is -0.916. The maximum atomic E-state index is 10.2. The van der Waals surface area contributed by atoms with Crippen LogP contribution in [0.15, 0.2) is 0 Å². The summed E-state index contributed by atoms with van der Waals surface area (Å²) in [7, 11) is 1.37. The number of ether oxygens (including phenoxy) is 3. The van der Waals surface area contributed by atoms with Crippen molar-refractivity contribution < 1.29 is 23.8 Å². The second-order valence-electron chi connectivity index (χ2n) is 2.12. The molecule has 0 fully saturated rings. The molecule has 0 spiro atoms. The standard InChI is InChI=1S/C6H12N2O5/c1-11-4(2-12-5(7)9)3-13-6(8)10/h4H,2-3H2,1H3,(H2,7,9)(H2,8,10). The van der Waals surface area contributed by atoms with E-state index in [1.165, 1.54) is 7.11 Å². The van der Waals surface area contributed by atoms with Crippen LogP contribution in [-0.2, 0) is 14.2 Å². The molecule has 76 valence electrons. The van der Waals surface area contributed by atoms with Gasteiger partial charge in [0, 0.05) is 7.11 Å². The van der Waals surface area contributed by atoms with Crippen LogP contribution in [0.1, 0.15) is 0 Å². The molecular formula is C6H12N2O5. The highest BCUT2D eigenvalue weighted by Gasteiger charge is 2.11. The van der Waals surface area contributed by atoms with Crippen molar-refractivity contribution in [2.45, 2.75) is 6.10 Å². The lowest BCUT2D eigenvalue weighted by molar-refractivity contribution is -0.00131. The van der Waals surface area contributed by atoms with E-state index in [4.69, 9.17) is 16.2 Å². The Bertz CT molecular complexity index is 166. The zero-order chi connectivity index (χ0) is 10.3. The fourth-order valence-electron chi connectivity index (χ4n) is 0.534. The highest BCUT2D eigenvalue weighted by molar-refractivity contribution is 5.65. The van der Waals surface area contributed by atoms with Crippen LogP contribution >= 0.6 is 0 Å². The monoisotopic (exact) mass is 192 g/mol. The van der Waals surface area contributed by atoms with Gasteiger partial charge >= 0.3 is 12.2 Å². The molecular weight excluding hydrogens is 180 g/mol. The fraction of sp³-hybridized carbons (Fsp3) is 0.667. The molecule has 0 atom stereocenters. The molecule has 0 radical (unpaired) electrons. The van der Waals surface area contributed by atoms with Crippen LogP contribution in [0.4, 0.5) is 9.59 Å². The van der Waals surface area contributed by atoms with Crippen molar-refractivity contribution in [1.29, 1.82) is 0 Å². The van der Waals surface area contributed by atoms with Gasteiger partial charge in [0.05, 0.1) is 0 Å². The first kappa shape index (κ1) is 11.5. The van der Waals surface area contributed by atoms with Crippen LogP contribution in [0, 0.1) is 0 Å². The van der Waals surface area contributed by atoms with Crippen LogP contribution < -0.4 is 11.5 Å². The molecule has 0 heterocycles. The zero-order valence-corrected chi connectivity index (χ0v) is 7.19. The zero-order valence-electron chi connectivity index (χ0n) is 7.19. The first-order valence-corrected chi connectivity index (χ1v) is 3.43. The summed E-state index contributed by atoms with van der Waals surface area (Å²) in [6.45, 7) is -0.168. The average Bonchev–Trinajstić information content (AvgIpc) is 2.04. The van der Waals surface area contributed by atoms with E-state index in [2.05, 4.69) is 9.47 Å². The Morgan fingerprint density at radius 2 is 1.54 bits per heavy atom. The first-order chi connectivity index (χ1) is 6.06. The molecule has 0 aromatic rings. The molecule has 0 aliphatic carbocycles. The summed E-state index contributed by atoms with van der Waals surface area (Å²) in [5, 5.41) is 0. The van der Waals surface area contributed by atoms with E-state index >= 15 is 0 Å². The molecule has 0 saturated carbocycles. The molecule has 7 nitrogen and oxygen atoms in total. The number of methoxy groups -OCH3 is 1. The van der Waals surface area contributed by atoms with Crippen LogP contribution in [0.5, 0.6) is 0 Å². The van der Waals surface area contributed by atoms with Crippen molar-refractivity contribution in [1.82, 2.24) is 0 Å². The van der Waals surface area contributed by atoms with Gasteiger partial charge in [-0.3, -0.25) is 0 Å². The third-order valence-electron chi connectivity index (χ3n) is 1.16. The van der Waals surface area contributed by atoms with Crippen molar-refractivity contribution >= 4 is 12.2 Å². The van der Waals surface area contributed by atoms with E-state index < -0.39 is 18.3 Å². The molecule has 0 aromatic carbocycles. The molecule has 0 aromatic heterocycles. The average molecular weight is 192 g/mol. The summed E-state index contributed by atoms with van der Waals surface area (Å²) < 4.78 is 13.6. The largest absolute Gasteiger partial charge is 0.447 e. The Kier molecular flexibility index (Phi) is 5.37. The van der Waals surface area contributed by atoms with Gasteiger partial charge in [0.15, 0.2) is 0 Å². The van der Waals surface area contributed by atoms with E-state index in [9.17, 15) is 9.59 Å². The van der Waals surface area contributed by atoms with Crippen LogP contribution in [0.2, 0.25) is 0 Å². The van der Waals surface area contributed by atoms with E-state index in [1.807, 2.05) is 0 Å². The van der Waals surface area contributed by atoms with E-state index in [0.717, 1.165) is 0 Å². The lowest BCUT2D eigenvalue weighted by atomic mass is 10.4. The Labute approximate surface area is 74.9 Å². The number of amides is 2. The lowest BCUT2D eigenvalue weighted by Crippen LogP contribution is -2.30. The summed E-state index contributed by atoms with van der Waals surface area (Å²) in [5.41, 5.74) is 9.40. The highest BCUT2D eigenvalue weighted by atomic mass is 16.6. The quantitative estimate of drug-likeness (QED) is 0.591. The van der Waals surface area contributed by atoms with Gasteiger partial charge in [-0.2, -0.15) is 0 Å². The fourth-order valence-corrected chi connectivity index (χ4v) is 0.534. The van der Waals surface area contributed by atoms with Gasteiger partial charge in [0.25, 0.3) is 0 Å². The van der Waals surface area contributed by atoms with Crippen molar-refractivity contribution in [3.05, 3.63) is 0 Å². The third kappa shape index (κ3) is 6.88.